The van der Waals surface area contributed by atoms with Gasteiger partial charge in [0.15, 0.2) is 0 Å². The Morgan fingerprint density at radius 3 is 2.75 bits per heavy atom. The van der Waals surface area contributed by atoms with Crippen molar-refractivity contribution in [2.24, 2.45) is 0 Å². The van der Waals surface area contributed by atoms with Gasteiger partial charge in [-0.15, -0.1) is 0 Å². The van der Waals surface area contributed by atoms with E-state index >= 15 is 0 Å². The van der Waals surface area contributed by atoms with Crippen LogP contribution in [0.25, 0.3) is 0 Å². The predicted molar refractivity (Wildman–Crippen MR) is 34.0 cm³/mol. The van der Waals surface area contributed by atoms with Crippen LogP contribution in [0.5, 0.6) is 0 Å². The van der Waals surface area contributed by atoms with Crippen LogP contribution in [0, 0.1) is 0 Å². The second-order valence-electron chi connectivity index (χ2n) is 1.82. The summed E-state index contributed by atoms with van der Waals surface area (Å²) in [6.45, 7) is 2.11. The van der Waals surface area contributed by atoms with Crippen molar-refractivity contribution in [1.29, 1.82) is 0 Å². The molecular formula is C6H10N2. The maximum atomic E-state index is 5.37. The zero-order chi connectivity index (χ0) is 5.98. The van der Waals surface area contributed by atoms with E-state index in [4.69, 9.17) is 5.84 Å². The van der Waals surface area contributed by atoms with Gasteiger partial charge in [0.25, 0.3) is 0 Å². The Hall–Kier alpha value is -0.920. The molecular weight excluding hydrogens is 100 g/mol. The number of hydrogen-bond donors (Lipinski definition) is 1. The molecule has 2 N–H and O–H groups in total. The Kier molecular flexibility index (Phi) is 1.24. The van der Waals surface area contributed by atoms with E-state index in [1.54, 1.807) is 4.68 Å². The van der Waals surface area contributed by atoms with Crippen LogP contribution in [0.3, 0.4) is 0 Å². The molecule has 2 heteroatoms. The largest absolute Gasteiger partial charge is 0.340 e. The smallest absolute Gasteiger partial charge is 0.0288 e. The van der Waals surface area contributed by atoms with Crippen molar-refractivity contribution in [3.8, 4) is 0 Å². The summed E-state index contributed by atoms with van der Waals surface area (Å²) in [5, 5.41) is 0. The molecule has 2 nitrogen and oxygen atoms in total. The molecule has 0 fully saturated rings. The minimum atomic E-state index is 1.06. The summed E-state index contributed by atoms with van der Waals surface area (Å²) < 4.78 is 1.57. The van der Waals surface area contributed by atoms with Crippen LogP contribution < -0.4 is 5.84 Å². The van der Waals surface area contributed by atoms with Gasteiger partial charge in [0.05, 0.1) is 0 Å². The summed E-state index contributed by atoms with van der Waals surface area (Å²) in [5.74, 6) is 5.37. The van der Waals surface area contributed by atoms with Crippen molar-refractivity contribution in [1.82, 2.24) is 4.68 Å². The van der Waals surface area contributed by atoms with Crippen LogP contribution in [0.2, 0.25) is 0 Å². The quantitative estimate of drug-likeness (QED) is 0.532. The highest BCUT2D eigenvalue weighted by atomic mass is 15.3. The first kappa shape index (κ1) is 5.22. The van der Waals surface area contributed by atoms with E-state index in [2.05, 4.69) is 6.92 Å². The van der Waals surface area contributed by atoms with Gasteiger partial charge in [0.1, 0.15) is 0 Å². The summed E-state index contributed by atoms with van der Waals surface area (Å²) in [7, 11) is 0. The molecule has 0 aromatic carbocycles. The lowest BCUT2D eigenvalue weighted by molar-refractivity contribution is 1.00. The molecule has 0 unspecified atom stereocenters. The lowest BCUT2D eigenvalue weighted by Crippen LogP contribution is -2.02. The number of nitrogens with zero attached hydrogens (tertiary/aromatic N) is 1. The molecule has 1 aromatic rings. The maximum absolute atomic E-state index is 5.37. The van der Waals surface area contributed by atoms with Crippen LogP contribution >= 0.6 is 0 Å². The van der Waals surface area contributed by atoms with Gasteiger partial charge in [0, 0.05) is 12.4 Å². The minimum absolute atomic E-state index is 1.06. The average molecular weight is 110 g/mol. The molecule has 0 aliphatic carbocycles. The maximum Gasteiger partial charge on any atom is 0.0288 e. The number of nitrogen functional groups attached to an aromatic ring is 1. The second-order valence-corrected chi connectivity index (χ2v) is 1.82. The number of aryl methyl sites for hydroxylation is 1. The zero-order valence-electron chi connectivity index (χ0n) is 4.96. The molecule has 8 heavy (non-hydrogen) atoms. The van der Waals surface area contributed by atoms with Gasteiger partial charge in [-0.2, -0.15) is 0 Å². The first-order valence-electron chi connectivity index (χ1n) is 2.75. The first-order chi connectivity index (χ1) is 3.83. The van der Waals surface area contributed by atoms with Crippen molar-refractivity contribution in [2.45, 2.75) is 13.3 Å². The molecule has 0 aliphatic heterocycles. The Labute approximate surface area is 48.9 Å². The van der Waals surface area contributed by atoms with Gasteiger partial charge in [-0.25, -0.2) is 0 Å². The molecule has 0 amide bonds. The van der Waals surface area contributed by atoms with E-state index in [1.165, 1.54) is 5.56 Å². The predicted octanol–water partition coefficient (Wildman–Crippen LogP) is 0.764. The van der Waals surface area contributed by atoms with E-state index in [1.807, 2.05) is 18.5 Å². The summed E-state index contributed by atoms with van der Waals surface area (Å²) in [6.07, 6.45) is 4.82. The van der Waals surface area contributed by atoms with Gasteiger partial charge in [0.2, 0.25) is 0 Å². The number of hydrogen-bond acceptors (Lipinski definition) is 1. The van der Waals surface area contributed by atoms with E-state index in [0.29, 0.717) is 0 Å². The zero-order valence-corrected chi connectivity index (χ0v) is 4.96. The molecule has 0 atom stereocenters. The molecule has 0 saturated carbocycles. The fourth-order valence-electron chi connectivity index (χ4n) is 0.668. The third kappa shape index (κ3) is 0.832. The molecule has 0 spiro atoms. The van der Waals surface area contributed by atoms with E-state index in [-0.39, 0.29) is 0 Å². The van der Waals surface area contributed by atoms with Crippen molar-refractivity contribution >= 4 is 0 Å². The van der Waals surface area contributed by atoms with Crippen molar-refractivity contribution in [3.63, 3.8) is 0 Å². The SMILES string of the molecule is CCc1ccn(N)c1. The van der Waals surface area contributed by atoms with Crippen LogP contribution in [0.4, 0.5) is 0 Å². The van der Waals surface area contributed by atoms with E-state index in [9.17, 15) is 0 Å². The highest BCUT2D eigenvalue weighted by Gasteiger charge is 1.86. The molecule has 1 aromatic heterocycles. The topological polar surface area (TPSA) is 30.9 Å². The van der Waals surface area contributed by atoms with Crippen LogP contribution in [0.15, 0.2) is 18.5 Å². The molecule has 1 heterocycles. The van der Waals surface area contributed by atoms with Crippen molar-refractivity contribution in [3.05, 3.63) is 24.0 Å². The van der Waals surface area contributed by atoms with Crippen molar-refractivity contribution in [2.75, 3.05) is 5.84 Å². The molecule has 0 bridgehead atoms. The average Bonchev–Trinajstić information content (AvgIpc) is 2.14. The molecule has 44 valence electrons. The summed E-state index contributed by atoms with van der Waals surface area (Å²) in [6, 6.07) is 2.01. The summed E-state index contributed by atoms with van der Waals surface area (Å²) >= 11 is 0. The van der Waals surface area contributed by atoms with Gasteiger partial charge >= 0.3 is 0 Å². The standard InChI is InChI=1S/C6H10N2/c1-2-6-3-4-8(7)5-6/h3-5H,2,7H2,1H3. The van der Waals surface area contributed by atoms with Gasteiger partial charge in [-0.05, 0) is 18.1 Å². The number of nitrogens with two attached hydrogens (primary N) is 1. The lowest BCUT2D eigenvalue weighted by atomic mass is 10.3. The molecule has 0 aliphatic rings. The van der Waals surface area contributed by atoms with Crippen LogP contribution in [0.1, 0.15) is 12.5 Å². The monoisotopic (exact) mass is 110 g/mol. The minimum Gasteiger partial charge on any atom is -0.340 e. The highest BCUT2D eigenvalue weighted by molar-refractivity contribution is 5.09. The van der Waals surface area contributed by atoms with Crippen molar-refractivity contribution < 1.29 is 0 Å². The Balaban J connectivity index is 2.84. The van der Waals surface area contributed by atoms with Gasteiger partial charge in [-0.1, -0.05) is 6.92 Å². The normalized spacial score (nSPS) is 9.62. The highest BCUT2D eigenvalue weighted by Crippen LogP contribution is 1.96. The lowest BCUT2D eigenvalue weighted by Gasteiger charge is -1.85. The van der Waals surface area contributed by atoms with Gasteiger partial charge in [-0.3, -0.25) is 4.68 Å². The third-order valence-electron chi connectivity index (χ3n) is 1.18. The number of rotatable bonds is 1. The second kappa shape index (κ2) is 1.90. The molecule has 0 radical (unpaired) electrons. The summed E-state index contributed by atoms with van der Waals surface area (Å²) in [5.41, 5.74) is 1.28. The molecule has 0 saturated heterocycles. The first-order valence-corrected chi connectivity index (χ1v) is 2.75. The van der Waals surface area contributed by atoms with E-state index in [0.717, 1.165) is 6.42 Å². The Morgan fingerprint density at radius 1 is 1.75 bits per heavy atom. The summed E-state index contributed by atoms with van der Waals surface area (Å²) in [4.78, 5) is 0. The van der Waals surface area contributed by atoms with E-state index < -0.39 is 0 Å². The Bertz CT molecular complexity index is 167. The number of aromatic nitrogens is 1. The fraction of sp³-hybridized carbons (Fsp3) is 0.333. The van der Waals surface area contributed by atoms with Gasteiger partial charge < -0.3 is 5.84 Å². The van der Waals surface area contributed by atoms with Crippen LogP contribution in [-0.2, 0) is 6.42 Å². The Morgan fingerprint density at radius 2 is 2.50 bits per heavy atom. The third-order valence-corrected chi connectivity index (χ3v) is 1.18. The van der Waals surface area contributed by atoms with Crippen LogP contribution in [-0.4, -0.2) is 4.68 Å². The fourth-order valence-corrected chi connectivity index (χ4v) is 0.668. The molecule has 1 rings (SSSR count).